The van der Waals surface area contributed by atoms with Crippen LogP contribution in [-0.4, -0.2) is 66.1 Å². The zero-order valence-corrected chi connectivity index (χ0v) is 17.1. The lowest BCUT2D eigenvalue weighted by atomic mass is 9.54. The number of amides is 1. The van der Waals surface area contributed by atoms with E-state index in [0.29, 0.717) is 11.1 Å². The molecule has 3 aliphatic carbocycles. The summed E-state index contributed by atoms with van der Waals surface area (Å²) in [7, 11) is 0. The first-order valence-corrected chi connectivity index (χ1v) is 10.4. The number of hydrogen-bond acceptors (Lipinski definition) is 9. The summed E-state index contributed by atoms with van der Waals surface area (Å²) in [6.07, 6.45) is -3.07. The van der Waals surface area contributed by atoms with Crippen LogP contribution in [0.15, 0.2) is 23.5 Å². The standard InChI is InChI=1S/C22H25NO9/c23-21(31)17-13(25)7-10-5-9-6-11-8(2-4-14(26)27)1-3-12(24)16(11)18(28)15(9)19(29)22(10,32)20(17)30/h1,3,9-10,14-15,19,24-27,29,32H,2,4-7H2,(H2,23,31)/t9-,10+,15?,19?,22+/m1/s1. The maximum Gasteiger partial charge on any atom is 0.255 e. The van der Waals surface area contributed by atoms with Gasteiger partial charge in [-0.25, -0.2) is 0 Å². The molecule has 4 rings (SSSR count). The SMILES string of the molecule is NC(=O)C1=C(O)C[C@@H]2C[C@@H]3Cc4c(CCC(O)O)ccc(O)c4C(=O)C3C(O)[C@]2(O)C1=O. The van der Waals surface area contributed by atoms with Gasteiger partial charge in [-0.3, -0.25) is 14.4 Å². The monoisotopic (exact) mass is 447 g/mol. The van der Waals surface area contributed by atoms with Gasteiger partial charge in [0, 0.05) is 18.8 Å². The number of rotatable bonds is 4. The highest BCUT2D eigenvalue weighted by Gasteiger charge is 2.63. The highest BCUT2D eigenvalue weighted by molar-refractivity contribution is 6.23. The van der Waals surface area contributed by atoms with Gasteiger partial charge in [0.1, 0.15) is 23.2 Å². The first-order chi connectivity index (χ1) is 15.0. The predicted molar refractivity (Wildman–Crippen MR) is 107 cm³/mol. The van der Waals surface area contributed by atoms with E-state index in [4.69, 9.17) is 5.73 Å². The molecule has 1 saturated carbocycles. The number of phenols is 1. The highest BCUT2D eigenvalue weighted by Crippen LogP contribution is 2.52. The van der Waals surface area contributed by atoms with E-state index in [9.17, 15) is 45.0 Å². The van der Waals surface area contributed by atoms with Gasteiger partial charge >= 0.3 is 0 Å². The van der Waals surface area contributed by atoms with E-state index in [1.165, 1.54) is 6.07 Å². The van der Waals surface area contributed by atoms with Crippen LogP contribution in [0.2, 0.25) is 0 Å². The fourth-order valence-corrected chi connectivity index (χ4v) is 5.65. The van der Waals surface area contributed by atoms with E-state index in [1.54, 1.807) is 6.07 Å². The minimum Gasteiger partial charge on any atom is -0.511 e. The number of aliphatic hydroxyl groups is 5. The van der Waals surface area contributed by atoms with Crippen molar-refractivity contribution in [1.82, 2.24) is 0 Å². The number of phenolic OH excluding ortho intramolecular Hbond substituents is 1. The van der Waals surface area contributed by atoms with Gasteiger partial charge in [-0.05, 0) is 42.4 Å². The molecule has 10 nitrogen and oxygen atoms in total. The lowest BCUT2D eigenvalue weighted by Gasteiger charge is -2.52. The van der Waals surface area contributed by atoms with Gasteiger partial charge in [0.15, 0.2) is 17.7 Å². The number of hydrogen-bond donors (Lipinski definition) is 7. The third-order valence-electron chi connectivity index (χ3n) is 7.15. The van der Waals surface area contributed by atoms with Crippen LogP contribution in [-0.2, 0) is 22.4 Å². The van der Waals surface area contributed by atoms with Crippen LogP contribution in [0, 0.1) is 17.8 Å². The molecule has 1 fully saturated rings. The highest BCUT2D eigenvalue weighted by atomic mass is 16.5. The van der Waals surface area contributed by atoms with Crippen molar-refractivity contribution in [3.05, 3.63) is 40.2 Å². The summed E-state index contributed by atoms with van der Waals surface area (Å²) in [6.45, 7) is 0. The number of carbonyl (C=O) groups is 3. The van der Waals surface area contributed by atoms with Crippen molar-refractivity contribution in [3.8, 4) is 5.75 Å². The average molecular weight is 447 g/mol. The number of aromatic hydroxyl groups is 1. The molecule has 10 heteroatoms. The number of nitrogens with two attached hydrogens (primary N) is 1. The summed E-state index contributed by atoms with van der Waals surface area (Å²) < 4.78 is 0. The molecule has 8 N–H and O–H groups in total. The second-order valence-electron chi connectivity index (χ2n) is 8.89. The first-order valence-electron chi connectivity index (χ1n) is 10.4. The van der Waals surface area contributed by atoms with Gasteiger partial charge in [-0.15, -0.1) is 0 Å². The van der Waals surface area contributed by atoms with Crippen molar-refractivity contribution in [3.63, 3.8) is 0 Å². The third-order valence-corrected chi connectivity index (χ3v) is 7.15. The van der Waals surface area contributed by atoms with Crippen LogP contribution < -0.4 is 5.73 Å². The van der Waals surface area contributed by atoms with Gasteiger partial charge in [0.2, 0.25) is 5.78 Å². The fraction of sp³-hybridized carbons (Fsp3) is 0.500. The van der Waals surface area contributed by atoms with Crippen molar-refractivity contribution >= 4 is 17.5 Å². The largest absolute Gasteiger partial charge is 0.511 e. The Hall–Kier alpha value is -2.79. The first kappa shape index (κ1) is 22.4. The molecule has 1 aromatic rings. The predicted octanol–water partition coefficient (Wildman–Crippen LogP) is -1.01. The lowest BCUT2D eigenvalue weighted by Crippen LogP contribution is -2.67. The van der Waals surface area contributed by atoms with Crippen molar-refractivity contribution < 1.29 is 45.0 Å². The molecule has 1 amide bonds. The van der Waals surface area contributed by atoms with Crippen molar-refractivity contribution in [2.75, 3.05) is 0 Å². The minimum absolute atomic E-state index is 0.0214. The third kappa shape index (κ3) is 3.14. The zero-order valence-electron chi connectivity index (χ0n) is 17.1. The average Bonchev–Trinajstić information content (AvgIpc) is 2.69. The van der Waals surface area contributed by atoms with Crippen molar-refractivity contribution in [1.29, 1.82) is 0 Å². The Morgan fingerprint density at radius 2 is 1.88 bits per heavy atom. The summed E-state index contributed by atoms with van der Waals surface area (Å²) >= 11 is 0. The number of carbonyl (C=O) groups excluding carboxylic acids is 3. The van der Waals surface area contributed by atoms with Gasteiger partial charge in [-0.2, -0.15) is 0 Å². The van der Waals surface area contributed by atoms with Gasteiger partial charge in [0.05, 0.1) is 11.5 Å². The second kappa shape index (κ2) is 7.66. The topological polar surface area (TPSA) is 199 Å². The molecule has 0 radical (unpaired) electrons. The molecule has 172 valence electrons. The molecule has 0 heterocycles. The quantitative estimate of drug-likeness (QED) is 0.223. The molecule has 0 saturated heterocycles. The number of aryl methyl sites for hydroxylation is 1. The number of aliphatic hydroxyl groups excluding tert-OH is 3. The Bertz CT molecular complexity index is 1050. The molecule has 5 atom stereocenters. The smallest absolute Gasteiger partial charge is 0.255 e. The number of ketones is 2. The maximum absolute atomic E-state index is 13.4. The van der Waals surface area contributed by atoms with E-state index in [1.807, 2.05) is 0 Å². The summed E-state index contributed by atoms with van der Waals surface area (Å²) in [5.74, 6) is -6.63. The minimum atomic E-state index is -2.47. The van der Waals surface area contributed by atoms with Gasteiger partial charge in [-0.1, -0.05) is 6.07 Å². The van der Waals surface area contributed by atoms with Gasteiger partial charge < -0.3 is 36.4 Å². The Morgan fingerprint density at radius 1 is 1.19 bits per heavy atom. The summed E-state index contributed by atoms with van der Waals surface area (Å²) in [6, 6.07) is 2.90. The second-order valence-corrected chi connectivity index (χ2v) is 8.89. The summed E-state index contributed by atoms with van der Waals surface area (Å²) in [4.78, 5) is 37.9. The van der Waals surface area contributed by atoms with Crippen LogP contribution >= 0.6 is 0 Å². The maximum atomic E-state index is 13.4. The normalized spacial score (nSPS) is 31.9. The van der Waals surface area contributed by atoms with Crippen LogP contribution in [0.4, 0.5) is 0 Å². The van der Waals surface area contributed by atoms with Crippen molar-refractivity contribution in [2.24, 2.45) is 23.5 Å². The Labute approximate surface area is 182 Å². The number of fused-ring (bicyclic) bond motifs is 3. The molecule has 1 aromatic carbocycles. The number of allylic oxidation sites excluding steroid dienone is 1. The molecule has 32 heavy (non-hydrogen) atoms. The molecule has 2 unspecified atom stereocenters. The van der Waals surface area contributed by atoms with Crippen LogP contribution in [0.25, 0.3) is 0 Å². The molecule has 3 aliphatic rings. The van der Waals surface area contributed by atoms with Gasteiger partial charge in [0.25, 0.3) is 5.91 Å². The molecule has 0 bridgehead atoms. The Morgan fingerprint density at radius 3 is 2.50 bits per heavy atom. The Kier molecular flexibility index (Phi) is 5.36. The summed E-state index contributed by atoms with van der Waals surface area (Å²) in [5.41, 5.74) is 3.06. The summed E-state index contributed by atoms with van der Waals surface area (Å²) in [5, 5.41) is 61.2. The molecule has 0 spiro atoms. The number of benzene rings is 1. The molecular formula is C22H25NO9. The van der Waals surface area contributed by atoms with E-state index >= 15 is 0 Å². The number of primary amides is 1. The Balaban J connectivity index is 1.77. The van der Waals surface area contributed by atoms with Crippen molar-refractivity contribution in [2.45, 2.75) is 50.1 Å². The van der Waals surface area contributed by atoms with E-state index in [-0.39, 0.29) is 43.4 Å². The molecule has 0 aromatic heterocycles. The van der Waals surface area contributed by atoms with Crippen LogP contribution in [0.5, 0.6) is 5.75 Å². The van der Waals surface area contributed by atoms with E-state index in [0.717, 1.165) is 0 Å². The van der Waals surface area contributed by atoms with Crippen LogP contribution in [0.3, 0.4) is 0 Å². The van der Waals surface area contributed by atoms with E-state index in [2.05, 4.69) is 0 Å². The lowest BCUT2D eigenvalue weighted by molar-refractivity contribution is -0.182. The molecular weight excluding hydrogens is 422 g/mol. The van der Waals surface area contributed by atoms with E-state index < -0.39 is 64.6 Å². The zero-order chi connectivity index (χ0) is 23.5. The van der Waals surface area contributed by atoms with Crippen LogP contribution in [0.1, 0.15) is 40.7 Å². The fourth-order valence-electron chi connectivity index (χ4n) is 5.65. The molecule has 0 aliphatic heterocycles. The number of Topliss-reactive ketones (excluding diaryl/α,β-unsaturated/α-hetero) is 2.